The molecule has 0 spiro atoms. The number of benzene rings is 1. The third-order valence-electron chi connectivity index (χ3n) is 2.33. The number of aryl methyl sites for hydroxylation is 2. The average molecular weight is 192 g/mol. The van der Waals surface area contributed by atoms with Gasteiger partial charge in [0.2, 0.25) is 5.91 Å². The van der Waals surface area contributed by atoms with Crippen molar-refractivity contribution in [2.75, 3.05) is 11.1 Å². The van der Waals surface area contributed by atoms with Gasteiger partial charge in [0.1, 0.15) is 0 Å². The van der Waals surface area contributed by atoms with Crippen LogP contribution in [0, 0.1) is 20.8 Å². The number of carbonyl (C=O) groups is 1. The minimum absolute atomic E-state index is 0.0700. The van der Waals surface area contributed by atoms with Crippen LogP contribution in [-0.4, -0.2) is 5.91 Å². The Kier molecular flexibility index (Phi) is 2.79. The minimum atomic E-state index is -0.0700. The van der Waals surface area contributed by atoms with Gasteiger partial charge in [0, 0.05) is 18.3 Å². The summed E-state index contributed by atoms with van der Waals surface area (Å²) in [6, 6.07) is 1.98. The Labute approximate surface area is 84.3 Å². The van der Waals surface area contributed by atoms with E-state index in [9.17, 15) is 4.79 Å². The molecule has 1 aromatic carbocycles. The van der Waals surface area contributed by atoms with Crippen molar-refractivity contribution in [2.24, 2.45) is 0 Å². The third kappa shape index (κ3) is 1.87. The van der Waals surface area contributed by atoms with E-state index in [0.717, 1.165) is 28.1 Å². The molecule has 1 amide bonds. The average Bonchev–Trinajstić information content (AvgIpc) is 2.09. The lowest BCUT2D eigenvalue weighted by atomic mass is 10.0. The number of carbonyl (C=O) groups excluding carboxylic acids is 1. The summed E-state index contributed by atoms with van der Waals surface area (Å²) in [6.45, 7) is 7.34. The van der Waals surface area contributed by atoms with Crippen molar-refractivity contribution >= 4 is 17.3 Å². The van der Waals surface area contributed by atoms with Crippen molar-refractivity contribution in [3.05, 3.63) is 22.8 Å². The van der Waals surface area contributed by atoms with E-state index in [2.05, 4.69) is 5.32 Å². The molecule has 0 saturated heterocycles. The maximum Gasteiger partial charge on any atom is 0.221 e. The van der Waals surface area contributed by atoms with E-state index >= 15 is 0 Å². The van der Waals surface area contributed by atoms with Crippen LogP contribution in [0.4, 0.5) is 11.4 Å². The molecule has 3 nitrogen and oxygen atoms in total. The number of anilines is 2. The molecule has 3 heteroatoms. The Hall–Kier alpha value is -1.51. The van der Waals surface area contributed by atoms with E-state index in [4.69, 9.17) is 5.73 Å². The van der Waals surface area contributed by atoms with Gasteiger partial charge in [-0.05, 0) is 37.5 Å². The maximum absolute atomic E-state index is 11.0. The standard InChI is InChI=1S/C11H16N2O/c1-6-5-7(2)11(13-9(4)14)8(3)10(6)12/h5H,12H2,1-4H3,(H,13,14). The molecule has 1 rings (SSSR count). The maximum atomic E-state index is 11.0. The first kappa shape index (κ1) is 10.6. The number of nitrogen functional groups attached to an aromatic ring is 1. The van der Waals surface area contributed by atoms with Crippen LogP contribution >= 0.6 is 0 Å². The second kappa shape index (κ2) is 3.70. The van der Waals surface area contributed by atoms with Gasteiger partial charge in [-0.1, -0.05) is 6.07 Å². The fraction of sp³-hybridized carbons (Fsp3) is 0.364. The smallest absolute Gasteiger partial charge is 0.221 e. The highest BCUT2D eigenvalue weighted by Crippen LogP contribution is 2.28. The van der Waals surface area contributed by atoms with Gasteiger partial charge in [-0.2, -0.15) is 0 Å². The Morgan fingerprint density at radius 2 is 1.86 bits per heavy atom. The van der Waals surface area contributed by atoms with Crippen LogP contribution in [-0.2, 0) is 4.79 Å². The summed E-state index contributed by atoms with van der Waals surface area (Å²) in [5.41, 5.74) is 10.5. The van der Waals surface area contributed by atoms with Crippen molar-refractivity contribution in [3.63, 3.8) is 0 Å². The quantitative estimate of drug-likeness (QED) is 0.670. The van der Waals surface area contributed by atoms with E-state index in [1.807, 2.05) is 26.8 Å². The van der Waals surface area contributed by atoms with Gasteiger partial charge in [-0.25, -0.2) is 0 Å². The van der Waals surface area contributed by atoms with Crippen molar-refractivity contribution in [2.45, 2.75) is 27.7 Å². The molecule has 0 radical (unpaired) electrons. The van der Waals surface area contributed by atoms with Gasteiger partial charge in [-0.3, -0.25) is 4.79 Å². The molecule has 0 aromatic heterocycles. The molecule has 0 aliphatic rings. The topological polar surface area (TPSA) is 55.1 Å². The van der Waals surface area contributed by atoms with E-state index in [1.54, 1.807) is 0 Å². The summed E-state index contributed by atoms with van der Waals surface area (Å²) in [5, 5.41) is 2.79. The molecule has 0 heterocycles. The SMILES string of the molecule is CC(=O)Nc1c(C)cc(C)c(N)c1C. The highest BCUT2D eigenvalue weighted by atomic mass is 16.1. The molecule has 76 valence electrons. The number of hydrogen-bond donors (Lipinski definition) is 2. The van der Waals surface area contributed by atoms with Gasteiger partial charge >= 0.3 is 0 Å². The molecule has 3 N–H and O–H groups in total. The Morgan fingerprint density at radius 1 is 1.29 bits per heavy atom. The van der Waals surface area contributed by atoms with Gasteiger partial charge in [0.25, 0.3) is 0 Å². The van der Waals surface area contributed by atoms with E-state index in [-0.39, 0.29) is 5.91 Å². The van der Waals surface area contributed by atoms with Crippen molar-refractivity contribution in [1.82, 2.24) is 0 Å². The number of amides is 1. The summed E-state index contributed by atoms with van der Waals surface area (Å²) in [6.07, 6.45) is 0. The molecule has 0 atom stereocenters. The highest BCUT2D eigenvalue weighted by molar-refractivity contribution is 5.91. The number of rotatable bonds is 1. The second-order valence-corrected chi connectivity index (χ2v) is 3.61. The van der Waals surface area contributed by atoms with E-state index < -0.39 is 0 Å². The fourth-order valence-electron chi connectivity index (χ4n) is 1.57. The molecule has 0 unspecified atom stereocenters. The monoisotopic (exact) mass is 192 g/mol. The number of nitrogens with one attached hydrogen (secondary N) is 1. The number of nitrogens with two attached hydrogens (primary N) is 1. The Morgan fingerprint density at radius 3 is 2.36 bits per heavy atom. The molecule has 0 aliphatic heterocycles. The molecule has 1 aromatic rings. The zero-order valence-electron chi connectivity index (χ0n) is 9.06. The van der Waals surface area contributed by atoms with Crippen LogP contribution in [0.3, 0.4) is 0 Å². The van der Waals surface area contributed by atoms with Crippen LogP contribution in [0.15, 0.2) is 6.07 Å². The predicted molar refractivity (Wildman–Crippen MR) is 59.4 cm³/mol. The molecule has 0 saturated carbocycles. The van der Waals surface area contributed by atoms with Gasteiger partial charge in [0.15, 0.2) is 0 Å². The zero-order valence-corrected chi connectivity index (χ0v) is 9.06. The summed E-state index contributed by atoms with van der Waals surface area (Å²) in [4.78, 5) is 11.0. The molecule has 0 fully saturated rings. The molecule has 0 aliphatic carbocycles. The number of hydrogen-bond acceptors (Lipinski definition) is 2. The van der Waals surface area contributed by atoms with Crippen molar-refractivity contribution < 1.29 is 4.79 Å². The predicted octanol–water partition coefficient (Wildman–Crippen LogP) is 2.15. The zero-order chi connectivity index (χ0) is 10.9. The van der Waals surface area contributed by atoms with Crippen molar-refractivity contribution in [1.29, 1.82) is 0 Å². The van der Waals surface area contributed by atoms with Gasteiger partial charge in [-0.15, -0.1) is 0 Å². The van der Waals surface area contributed by atoms with Gasteiger partial charge in [0.05, 0.1) is 0 Å². The third-order valence-corrected chi connectivity index (χ3v) is 2.33. The lowest BCUT2D eigenvalue weighted by Gasteiger charge is -2.14. The van der Waals surface area contributed by atoms with Crippen LogP contribution in [0.25, 0.3) is 0 Å². The summed E-state index contributed by atoms with van der Waals surface area (Å²) in [7, 11) is 0. The highest BCUT2D eigenvalue weighted by Gasteiger charge is 2.09. The Bertz CT molecular complexity index is 383. The first-order chi connectivity index (χ1) is 6.43. The van der Waals surface area contributed by atoms with Crippen LogP contribution in [0.2, 0.25) is 0 Å². The van der Waals surface area contributed by atoms with E-state index in [1.165, 1.54) is 6.92 Å². The van der Waals surface area contributed by atoms with Crippen LogP contribution in [0.1, 0.15) is 23.6 Å². The van der Waals surface area contributed by atoms with Gasteiger partial charge < -0.3 is 11.1 Å². The summed E-state index contributed by atoms with van der Waals surface area (Å²) >= 11 is 0. The lowest BCUT2D eigenvalue weighted by Crippen LogP contribution is -2.10. The van der Waals surface area contributed by atoms with Crippen molar-refractivity contribution in [3.8, 4) is 0 Å². The molecular formula is C11H16N2O. The first-order valence-corrected chi connectivity index (χ1v) is 4.57. The minimum Gasteiger partial charge on any atom is -0.398 e. The van der Waals surface area contributed by atoms with Crippen LogP contribution < -0.4 is 11.1 Å². The van der Waals surface area contributed by atoms with Crippen LogP contribution in [0.5, 0.6) is 0 Å². The first-order valence-electron chi connectivity index (χ1n) is 4.57. The lowest BCUT2D eigenvalue weighted by molar-refractivity contribution is -0.114. The molecule has 14 heavy (non-hydrogen) atoms. The summed E-state index contributed by atoms with van der Waals surface area (Å²) < 4.78 is 0. The van der Waals surface area contributed by atoms with E-state index in [0.29, 0.717) is 0 Å². The molecular weight excluding hydrogens is 176 g/mol. The Balaban J connectivity index is 3.29. The molecule has 0 bridgehead atoms. The second-order valence-electron chi connectivity index (χ2n) is 3.61. The fourth-order valence-corrected chi connectivity index (χ4v) is 1.57. The summed E-state index contributed by atoms with van der Waals surface area (Å²) in [5.74, 6) is -0.0700. The largest absolute Gasteiger partial charge is 0.398 e. The normalized spacial score (nSPS) is 10.0.